The second-order valence-corrected chi connectivity index (χ2v) is 8.17. The molecule has 0 heterocycles. The number of phenols is 3. The molecule has 2 aromatic rings. The molecular weight excluding hydrogens is 604 g/mol. The molecule has 8 heteroatoms. The summed E-state index contributed by atoms with van der Waals surface area (Å²) in [5, 5.41) is 29.3. The highest BCUT2D eigenvalue weighted by molar-refractivity contribution is 9.14. The Morgan fingerprint density at radius 2 is 1.10 bits per heavy atom. The summed E-state index contributed by atoms with van der Waals surface area (Å²) < 4.78 is 3.09. The number of halogens is 5. The topological polar surface area (TPSA) is 60.7 Å². The van der Waals surface area contributed by atoms with Gasteiger partial charge in [0.1, 0.15) is 5.75 Å². The summed E-state index contributed by atoms with van der Waals surface area (Å²) in [6.45, 7) is 0. The fourth-order valence-electron chi connectivity index (χ4n) is 1.76. The molecule has 0 atom stereocenters. The average Bonchev–Trinajstić information content (AvgIpc) is 2.45. The van der Waals surface area contributed by atoms with Gasteiger partial charge in [-0.15, -0.1) is 0 Å². The molecule has 112 valence electrons. The van der Waals surface area contributed by atoms with Crippen LogP contribution in [0.2, 0.25) is 0 Å². The summed E-state index contributed by atoms with van der Waals surface area (Å²) in [6, 6.07) is 3.10. The molecule has 3 nitrogen and oxygen atoms in total. The van der Waals surface area contributed by atoms with E-state index in [1.54, 1.807) is 6.07 Å². The molecule has 21 heavy (non-hydrogen) atoms. The van der Waals surface area contributed by atoms with Crippen LogP contribution in [-0.4, -0.2) is 15.3 Å². The highest BCUT2D eigenvalue weighted by atomic mass is 79.9. The van der Waals surface area contributed by atoms with Gasteiger partial charge in [0.15, 0.2) is 11.5 Å². The Labute approximate surface area is 163 Å². The predicted molar refractivity (Wildman–Crippen MR) is 99.2 cm³/mol. The van der Waals surface area contributed by atoms with Gasteiger partial charge in [-0.25, -0.2) is 0 Å². The smallest absolute Gasteiger partial charge is 0.173 e. The zero-order valence-electron chi connectivity index (χ0n) is 10.1. The largest absolute Gasteiger partial charge is 0.507 e. The Bertz CT molecular complexity index is 669. The summed E-state index contributed by atoms with van der Waals surface area (Å²) >= 11 is 16.7. The van der Waals surface area contributed by atoms with Gasteiger partial charge in [0.2, 0.25) is 0 Å². The molecule has 0 unspecified atom stereocenters. The molecule has 0 aliphatic carbocycles. The van der Waals surface area contributed by atoms with Crippen molar-refractivity contribution in [2.45, 2.75) is 6.42 Å². The monoisotopic (exact) mass is 606 g/mol. The highest BCUT2D eigenvalue weighted by Crippen LogP contribution is 2.44. The number of benzene rings is 2. The van der Waals surface area contributed by atoms with Crippen LogP contribution in [0.25, 0.3) is 0 Å². The van der Waals surface area contributed by atoms with Crippen molar-refractivity contribution in [3.8, 4) is 17.2 Å². The minimum absolute atomic E-state index is 0.110. The predicted octanol–water partition coefficient (Wildman–Crippen LogP) is 6.21. The lowest BCUT2D eigenvalue weighted by atomic mass is 10.0. The van der Waals surface area contributed by atoms with Crippen molar-refractivity contribution in [1.82, 2.24) is 0 Å². The minimum Gasteiger partial charge on any atom is -0.507 e. The number of hydrogen-bond acceptors (Lipinski definition) is 3. The number of phenolic OH excluding ortho intramolecular Hbond substituents is 3. The van der Waals surface area contributed by atoms with E-state index in [4.69, 9.17) is 0 Å². The fourth-order valence-corrected chi connectivity index (χ4v) is 4.15. The van der Waals surface area contributed by atoms with Crippen LogP contribution in [0.15, 0.2) is 34.5 Å². The van der Waals surface area contributed by atoms with Crippen LogP contribution >= 0.6 is 79.6 Å². The molecule has 0 spiro atoms. The lowest BCUT2D eigenvalue weighted by Crippen LogP contribution is -1.94. The molecule has 0 saturated heterocycles. The Kier molecular flexibility index (Phi) is 5.68. The lowest BCUT2D eigenvalue weighted by Gasteiger charge is -2.13. The molecule has 0 aromatic heterocycles. The third-order valence-corrected chi connectivity index (χ3v) is 8.60. The molecule has 2 rings (SSSR count). The van der Waals surface area contributed by atoms with Gasteiger partial charge in [-0.05, 0) is 103 Å². The lowest BCUT2D eigenvalue weighted by molar-refractivity contribution is 0.400. The second kappa shape index (κ2) is 6.78. The second-order valence-electron chi connectivity index (χ2n) is 4.20. The molecule has 0 bridgehead atoms. The average molecular weight is 611 g/mol. The van der Waals surface area contributed by atoms with Gasteiger partial charge < -0.3 is 15.3 Å². The van der Waals surface area contributed by atoms with Crippen LogP contribution in [0, 0.1) is 0 Å². The van der Waals surface area contributed by atoms with Crippen molar-refractivity contribution >= 4 is 79.6 Å². The van der Waals surface area contributed by atoms with E-state index in [-0.39, 0.29) is 17.2 Å². The molecular formula is C13H7Br5O3. The van der Waals surface area contributed by atoms with Crippen LogP contribution in [0.4, 0.5) is 0 Å². The summed E-state index contributed by atoms with van der Waals surface area (Å²) in [5.74, 6) is -0.320. The van der Waals surface area contributed by atoms with E-state index < -0.39 is 0 Å². The van der Waals surface area contributed by atoms with Crippen molar-refractivity contribution in [2.24, 2.45) is 0 Å². The van der Waals surface area contributed by atoms with Crippen LogP contribution in [0.3, 0.4) is 0 Å². The van der Waals surface area contributed by atoms with E-state index in [9.17, 15) is 15.3 Å². The Hall–Kier alpha value is 0.240. The molecule has 0 radical (unpaired) electrons. The SMILES string of the molecule is Oc1cc(Cc2cc(O)c(Br)c(Br)c2Br)c(Br)c(Br)c1O. The van der Waals surface area contributed by atoms with Gasteiger partial charge in [0.05, 0.1) is 8.95 Å². The Morgan fingerprint density at radius 3 is 1.67 bits per heavy atom. The summed E-state index contributed by atoms with van der Waals surface area (Å²) in [7, 11) is 0. The molecule has 0 saturated carbocycles. The Balaban J connectivity index is 2.54. The number of aromatic hydroxyl groups is 3. The third-order valence-electron chi connectivity index (χ3n) is 2.82. The quantitative estimate of drug-likeness (QED) is 0.280. The Morgan fingerprint density at radius 1 is 0.619 bits per heavy atom. The molecule has 0 aliphatic rings. The van der Waals surface area contributed by atoms with Gasteiger partial charge in [-0.1, -0.05) is 0 Å². The summed E-state index contributed by atoms with van der Waals surface area (Å²) in [4.78, 5) is 0. The maximum atomic E-state index is 9.90. The molecule has 0 amide bonds. The molecule has 3 N–H and O–H groups in total. The number of hydrogen-bond donors (Lipinski definition) is 3. The maximum absolute atomic E-state index is 9.90. The molecule has 2 aromatic carbocycles. The van der Waals surface area contributed by atoms with Crippen LogP contribution in [0.5, 0.6) is 17.2 Å². The van der Waals surface area contributed by atoms with E-state index >= 15 is 0 Å². The maximum Gasteiger partial charge on any atom is 0.173 e. The van der Waals surface area contributed by atoms with E-state index in [1.165, 1.54) is 6.07 Å². The zero-order chi connectivity index (χ0) is 15.9. The van der Waals surface area contributed by atoms with Gasteiger partial charge >= 0.3 is 0 Å². The van der Waals surface area contributed by atoms with Crippen LogP contribution in [0.1, 0.15) is 11.1 Å². The number of rotatable bonds is 2. The first-order valence-electron chi connectivity index (χ1n) is 5.48. The first-order chi connectivity index (χ1) is 9.73. The minimum atomic E-state index is -0.218. The summed E-state index contributed by atoms with van der Waals surface area (Å²) in [6.07, 6.45) is 0.438. The van der Waals surface area contributed by atoms with Crippen molar-refractivity contribution in [3.63, 3.8) is 0 Å². The van der Waals surface area contributed by atoms with Crippen LogP contribution in [-0.2, 0) is 6.42 Å². The van der Waals surface area contributed by atoms with E-state index in [2.05, 4.69) is 79.6 Å². The zero-order valence-corrected chi connectivity index (χ0v) is 18.0. The standard InChI is InChI=1S/C13H7Br5O3/c14-8-4(2-6(19)10(16)11(8)17)1-5-3-7(20)13(21)12(18)9(5)15/h2-3,19-21H,1H2. The summed E-state index contributed by atoms with van der Waals surface area (Å²) in [5.41, 5.74) is 1.58. The highest BCUT2D eigenvalue weighted by Gasteiger charge is 2.17. The van der Waals surface area contributed by atoms with E-state index in [1.807, 2.05) is 0 Å². The first kappa shape index (κ1) is 17.6. The third kappa shape index (κ3) is 3.44. The van der Waals surface area contributed by atoms with Crippen molar-refractivity contribution in [1.29, 1.82) is 0 Å². The van der Waals surface area contributed by atoms with Crippen LogP contribution < -0.4 is 0 Å². The van der Waals surface area contributed by atoms with Gasteiger partial charge in [0, 0.05) is 19.8 Å². The molecule has 0 aliphatic heterocycles. The normalized spacial score (nSPS) is 10.9. The van der Waals surface area contributed by atoms with E-state index in [0.29, 0.717) is 24.3 Å². The fraction of sp³-hybridized carbons (Fsp3) is 0.0769. The van der Waals surface area contributed by atoms with Gasteiger partial charge in [-0.3, -0.25) is 0 Å². The van der Waals surface area contributed by atoms with Gasteiger partial charge in [-0.2, -0.15) is 0 Å². The van der Waals surface area contributed by atoms with Crippen molar-refractivity contribution in [2.75, 3.05) is 0 Å². The van der Waals surface area contributed by atoms with Crippen molar-refractivity contribution < 1.29 is 15.3 Å². The molecule has 0 fully saturated rings. The van der Waals surface area contributed by atoms with Gasteiger partial charge in [0.25, 0.3) is 0 Å². The van der Waals surface area contributed by atoms with Crippen molar-refractivity contribution in [3.05, 3.63) is 45.6 Å². The first-order valence-corrected chi connectivity index (χ1v) is 9.44. The van der Waals surface area contributed by atoms with E-state index in [0.717, 1.165) is 15.6 Å².